The second-order valence-corrected chi connectivity index (χ2v) is 6.76. The molecule has 1 fully saturated rings. The summed E-state index contributed by atoms with van der Waals surface area (Å²) in [6.07, 6.45) is 0. The van der Waals surface area contributed by atoms with Crippen molar-refractivity contribution in [3.05, 3.63) is 33.8 Å². The molecule has 1 aliphatic heterocycles. The minimum atomic E-state index is -0.121. The largest absolute Gasteiger partial charge is 0.353 e. The van der Waals surface area contributed by atoms with Crippen LogP contribution in [0.1, 0.15) is 24.2 Å². The third-order valence-electron chi connectivity index (χ3n) is 3.64. The number of piperazine rings is 1. The molecule has 0 aromatic heterocycles. The highest BCUT2D eigenvalue weighted by Crippen LogP contribution is 2.22. The third-order valence-corrected chi connectivity index (χ3v) is 4.20. The Morgan fingerprint density at radius 1 is 1.17 bits per heavy atom. The summed E-state index contributed by atoms with van der Waals surface area (Å²) in [5.74, 6) is -0.110. The zero-order valence-corrected chi connectivity index (χ0v) is 14.8. The van der Waals surface area contributed by atoms with Gasteiger partial charge < -0.3 is 10.2 Å². The van der Waals surface area contributed by atoms with E-state index in [0.717, 1.165) is 0 Å². The SMILES string of the molecule is CC(C)NC(=O)CN1CCN(C(=O)c2cc(Cl)ccc2Cl)CC1. The van der Waals surface area contributed by atoms with Crippen LogP contribution in [-0.2, 0) is 4.79 Å². The summed E-state index contributed by atoms with van der Waals surface area (Å²) in [6, 6.07) is 5.01. The maximum absolute atomic E-state index is 12.5. The molecule has 1 aromatic rings. The molecule has 0 atom stereocenters. The number of hydrogen-bond donors (Lipinski definition) is 1. The molecule has 1 saturated heterocycles. The van der Waals surface area contributed by atoms with Crippen molar-refractivity contribution in [1.82, 2.24) is 15.1 Å². The van der Waals surface area contributed by atoms with E-state index in [1.54, 1.807) is 23.1 Å². The Balaban J connectivity index is 1.90. The Kier molecular flexibility index (Phi) is 6.27. The maximum Gasteiger partial charge on any atom is 0.255 e. The second kappa shape index (κ2) is 7.99. The molecule has 2 rings (SSSR count). The van der Waals surface area contributed by atoms with Crippen molar-refractivity contribution in [2.75, 3.05) is 32.7 Å². The molecule has 0 unspecified atom stereocenters. The van der Waals surface area contributed by atoms with Crippen LogP contribution in [0, 0.1) is 0 Å². The summed E-state index contributed by atoms with van der Waals surface area (Å²) in [5, 5.41) is 3.76. The molecular formula is C16H21Cl2N3O2. The Morgan fingerprint density at radius 2 is 1.83 bits per heavy atom. The summed E-state index contributed by atoms with van der Waals surface area (Å²) >= 11 is 12.0. The average Bonchev–Trinajstić information content (AvgIpc) is 2.49. The first-order valence-corrected chi connectivity index (χ1v) is 8.38. The van der Waals surface area contributed by atoms with Gasteiger partial charge in [0.05, 0.1) is 17.1 Å². The summed E-state index contributed by atoms with van der Waals surface area (Å²) in [4.78, 5) is 28.1. The van der Waals surface area contributed by atoms with Crippen molar-refractivity contribution in [1.29, 1.82) is 0 Å². The highest BCUT2D eigenvalue weighted by atomic mass is 35.5. The van der Waals surface area contributed by atoms with E-state index in [1.807, 2.05) is 18.7 Å². The lowest BCUT2D eigenvalue weighted by Gasteiger charge is -2.34. The van der Waals surface area contributed by atoms with Gasteiger partial charge in [0, 0.05) is 37.2 Å². The molecule has 7 heteroatoms. The Bertz CT molecular complexity index is 585. The van der Waals surface area contributed by atoms with Crippen molar-refractivity contribution in [2.45, 2.75) is 19.9 Å². The number of rotatable bonds is 4. The van der Waals surface area contributed by atoms with Crippen molar-refractivity contribution in [2.24, 2.45) is 0 Å². The van der Waals surface area contributed by atoms with Crippen LogP contribution in [0.3, 0.4) is 0 Å². The molecular weight excluding hydrogens is 337 g/mol. The van der Waals surface area contributed by atoms with Crippen LogP contribution in [0.2, 0.25) is 10.0 Å². The van der Waals surface area contributed by atoms with E-state index in [0.29, 0.717) is 48.3 Å². The first kappa shape index (κ1) is 18.0. The lowest BCUT2D eigenvalue weighted by Crippen LogP contribution is -2.51. The number of nitrogens with one attached hydrogen (secondary N) is 1. The van der Waals surface area contributed by atoms with Gasteiger partial charge in [0.2, 0.25) is 5.91 Å². The summed E-state index contributed by atoms with van der Waals surface area (Å²) < 4.78 is 0. The van der Waals surface area contributed by atoms with Gasteiger partial charge in [-0.1, -0.05) is 23.2 Å². The van der Waals surface area contributed by atoms with Gasteiger partial charge in [0.1, 0.15) is 0 Å². The van der Waals surface area contributed by atoms with E-state index in [-0.39, 0.29) is 17.9 Å². The van der Waals surface area contributed by atoms with Crippen molar-refractivity contribution >= 4 is 35.0 Å². The standard InChI is InChI=1S/C16H21Cl2N3O2/c1-11(2)19-15(22)10-20-5-7-21(8-6-20)16(23)13-9-12(17)3-4-14(13)18/h3-4,9,11H,5-8,10H2,1-2H3,(H,19,22). The van der Waals surface area contributed by atoms with E-state index in [2.05, 4.69) is 5.32 Å². The number of halogens is 2. The van der Waals surface area contributed by atoms with Gasteiger partial charge in [-0.3, -0.25) is 14.5 Å². The maximum atomic E-state index is 12.5. The number of carbonyl (C=O) groups is 2. The zero-order valence-electron chi connectivity index (χ0n) is 13.3. The normalized spacial score (nSPS) is 15.8. The second-order valence-electron chi connectivity index (χ2n) is 5.91. The van der Waals surface area contributed by atoms with Crippen molar-refractivity contribution in [3.8, 4) is 0 Å². The molecule has 2 amide bonds. The number of benzene rings is 1. The van der Waals surface area contributed by atoms with Crippen molar-refractivity contribution in [3.63, 3.8) is 0 Å². The Labute approximate surface area is 146 Å². The molecule has 0 bridgehead atoms. The number of carbonyl (C=O) groups excluding carboxylic acids is 2. The van der Waals surface area contributed by atoms with Crippen molar-refractivity contribution < 1.29 is 9.59 Å². The van der Waals surface area contributed by atoms with E-state index >= 15 is 0 Å². The molecule has 0 saturated carbocycles. The predicted octanol–water partition coefficient (Wildman–Crippen LogP) is 2.28. The van der Waals surface area contributed by atoms with Gasteiger partial charge in [0.15, 0.2) is 0 Å². The monoisotopic (exact) mass is 357 g/mol. The minimum absolute atomic E-state index is 0.0117. The van der Waals surface area contributed by atoms with Crippen LogP contribution in [0.5, 0.6) is 0 Å². The van der Waals surface area contributed by atoms with Crippen LogP contribution in [-0.4, -0.2) is 60.4 Å². The van der Waals surface area contributed by atoms with Gasteiger partial charge in [0.25, 0.3) is 5.91 Å². The summed E-state index contributed by atoms with van der Waals surface area (Å²) in [7, 11) is 0. The molecule has 0 radical (unpaired) electrons. The molecule has 5 nitrogen and oxygen atoms in total. The number of hydrogen-bond acceptors (Lipinski definition) is 3. The van der Waals surface area contributed by atoms with Crippen LogP contribution in [0.15, 0.2) is 18.2 Å². The van der Waals surface area contributed by atoms with E-state index in [1.165, 1.54) is 0 Å². The van der Waals surface area contributed by atoms with Gasteiger partial charge >= 0.3 is 0 Å². The Morgan fingerprint density at radius 3 is 2.43 bits per heavy atom. The van der Waals surface area contributed by atoms with E-state index in [4.69, 9.17) is 23.2 Å². The lowest BCUT2D eigenvalue weighted by molar-refractivity contribution is -0.123. The van der Waals surface area contributed by atoms with Gasteiger partial charge in [-0.2, -0.15) is 0 Å². The highest BCUT2D eigenvalue weighted by molar-refractivity contribution is 6.35. The number of amides is 2. The van der Waals surface area contributed by atoms with Crippen LogP contribution in [0.25, 0.3) is 0 Å². The van der Waals surface area contributed by atoms with Gasteiger partial charge in [-0.25, -0.2) is 0 Å². The lowest BCUT2D eigenvalue weighted by atomic mass is 10.1. The summed E-state index contributed by atoms with van der Waals surface area (Å²) in [6.45, 7) is 6.68. The van der Waals surface area contributed by atoms with E-state index in [9.17, 15) is 9.59 Å². The Hall–Kier alpha value is -1.30. The molecule has 0 aliphatic carbocycles. The molecule has 1 N–H and O–H groups in total. The molecule has 1 aromatic carbocycles. The fraction of sp³-hybridized carbons (Fsp3) is 0.500. The number of nitrogens with zero attached hydrogens (tertiary/aromatic N) is 2. The average molecular weight is 358 g/mol. The molecule has 1 aliphatic rings. The molecule has 1 heterocycles. The van der Waals surface area contributed by atoms with Crippen LogP contribution < -0.4 is 5.32 Å². The van der Waals surface area contributed by atoms with Gasteiger partial charge in [-0.05, 0) is 32.0 Å². The quantitative estimate of drug-likeness (QED) is 0.899. The molecule has 0 spiro atoms. The molecule has 126 valence electrons. The first-order valence-electron chi connectivity index (χ1n) is 7.63. The van der Waals surface area contributed by atoms with Crippen LogP contribution in [0.4, 0.5) is 0 Å². The van der Waals surface area contributed by atoms with Crippen LogP contribution >= 0.6 is 23.2 Å². The highest BCUT2D eigenvalue weighted by Gasteiger charge is 2.24. The minimum Gasteiger partial charge on any atom is -0.353 e. The fourth-order valence-corrected chi connectivity index (χ4v) is 2.88. The summed E-state index contributed by atoms with van der Waals surface area (Å²) in [5.41, 5.74) is 0.421. The third kappa shape index (κ3) is 5.09. The van der Waals surface area contributed by atoms with E-state index < -0.39 is 0 Å². The zero-order chi connectivity index (χ0) is 17.0. The predicted molar refractivity (Wildman–Crippen MR) is 92.1 cm³/mol. The van der Waals surface area contributed by atoms with Gasteiger partial charge in [-0.15, -0.1) is 0 Å². The first-order chi connectivity index (χ1) is 10.9. The smallest absolute Gasteiger partial charge is 0.255 e. The molecule has 23 heavy (non-hydrogen) atoms. The topological polar surface area (TPSA) is 52.7 Å². The fourth-order valence-electron chi connectivity index (χ4n) is 2.51.